The highest BCUT2D eigenvalue weighted by Gasteiger charge is 2.31. The van der Waals surface area contributed by atoms with E-state index in [1.807, 2.05) is 0 Å². The van der Waals surface area contributed by atoms with E-state index < -0.39 is 12.4 Å². The molecule has 1 atom stereocenters. The van der Waals surface area contributed by atoms with E-state index in [0.717, 1.165) is 0 Å². The number of nitrogens with two attached hydrogens (primary N) is 1. The minimum Gasteiger partial charge on any atom is -0.406 e. The molecule has 0 saturated heterocycles. The number of aliphatic hydroxyl groups excluding tert-OH is 1. The standard InChI is InChI=1S/C11H14F3NO2/c12-11(13,14)17-9-4-1-3-8(7-9)10(15)5-2-6-16/h1,3-4,7,10,16H,2,5-6,15H2/t10-/m1/s1. The number of rotatable bonds is 5. The van der Waals surface area contributed by atoms with Gasteiger partial charge in [0.1, 0.15) is 5.75 Å². The number of hydrogen-bond donors (Lipinski definition) is 2. The summed E-state index contributed by atoms with van der Waals surface area (Å²) < 4.78 is 39.8. The van der Waals surface area contributed by atoms with Gasteiger partial charge in [-0.25, -0.2) is 0 Å². The van der Waals surface area contributed by atoms with E-state index in [4.69, 9.17) is 10.8 Å². The minimum absolute atomic E-state index is 0.00639. The molecule has 1 rings (SSSR count). The molecule has 0 aromatic heterocycles. The lowest BCUT2D eigenvalue weighted by Gasteiger charge is -2.14. The van der Waals surface area contributed by atoms with Gasteiger partial charge in [0, 0.05) is 12.6 Å². The maximum Gasteiger partial charge on any atom is 0.573 e. The zero-order valence-electron chi connectivity index (χ0n) is 9.07. The van der Waals surface area contributed by atoms with Crippen LogP contribution < -0.4 is 10.5 Å². The van der Waals surface area contributed by atoms with Crippen LogP contribution in [0.2, 0.25) is 0 Å². The second-order valence-electron chi connectivity index (χ2n) is 3.59. The van der Waals surface area contributed by atoms with Crippen LogP contribution in [0.15, 0.2) is 24.3 Å². The van der Waals surface area contributed by atoms with E-state index in [-0.39, 0.29) is 12.4 Å². The average Bonchev–Trinajstić information content (AvgIpc) is 2.24. The number of benzene rings is 1. The topological polar surface area (TPSA) is 55.5 Å². The molecule has 0 radical (unpaired) electrons. The van der Waals surface area contributed by atoms with Gasteiger partial charge in [-0.05, 0) is 30.5 Å². The predicted molar refractivity (Wildman–Crippen MR) is 56.4 cm³/mol. The molecule has 0 spiro atoms. The summed E-state index contributed by atoms with van der Waals surface area (Å²) >= 11 is 0. The maximum atomic E-state index is 12.0. The lowest BCUT2D eigenvalue weighted by atomic mass is 10.0. The van der Waals surface area contributed by atoms with E-state index in [9.17, 15) is 13.2 Å². The zero-order valence-corrected chi connectivity index (χ0v) is 9.07. The van der Waals surface area contributed by atoms with Gasteiger partial charge in [-0.1, -0.05) is 12.1 Å². The Bertz CT molecular complexity index is 355. The Balaban J connectivity index is 2.71. The molecule has 0 amide bonds. The highest BCUT2D eigenvalue weighted by Crippen LogP contribution is 2.26. The van der Waals surface area contributed by atoms with Crippen molar-refractivity contribution in [2.45, 2.75) is 25.2 Å². The van der Waals surface area contributed by atoms with Crippen molar-refractivity contribution in [3.8, 4) is 5.75 Å². The summed E-state index contributed by atoms with van der Waals surface area (Å²) in [5.41, 5.74) is 6.32. The Labute approximate surface area is 97.0 Å². The molecule has 0 saturated carbocycles. The smallest absolute Gasteiger partial charge is 0.406 e. The zero-order chi connectivity index (χ0) is 12.9. The van der Waals surface area contributed by atoms with Crippen molar-refractivity contribution in [3.05, 3.63) is 29.8 Å². The Morgan fingerprint density at radius 3 is 2.65 bits per heavy atom. The van der Waals surface area contributed by atoms with Gasteiger partial charge in [-0.3, -0.25) is 0 Å². The summed E-state index contributed by atoms with van der Waals surface area (Å²) in [5, 5.41) is 8.64. The average molecular weight is 249 g/mol. The third-order valence-electron chi connectivity index (χ3n) is 2.19. The van der Waals surface area contributed by atoms with E-state index in [2.05, 4.69) is 4.74 Å². The molecule has 0 fully saturated rings. The largest absolute Gasteiger partial charge is 0.573 e. The molecule has 0 aliphatic carbocycles. The Morgan fingerprint density at radius 1 is 1.35 bits per heavy atom. The van der Waals surface area contributed by atoms with Crippen molar-refractivity contribution in [2.24, 2.45) is 5.73 Å². The van der Waals surface area contributed by atoms with Crippen LogP contribution in [0.4, 0.5) is 13.2 Å². The Morgan fingerprint density at radius 2 is 2.06 bits per heavy atom. The third kappa shape index (κ3) is 5.06. The molecule has 0 aliphatic rings. The molecule has 0 bridgehead atoms. The molecule has 17 heavy (non-hydrogen) atoms. The van der Waals surface area contributed by atoms with Crippen LogP contribution in [-0.2, 0) is 0 Å². The summed E-state index contributed by atoms with van der Waals surface area (Å²) in [4.78, 5) is 0. The van der Waals surface area contributed by atoms with Crippen LogP contribution in [-0.4, -0.2) is 18.1 Å². The molecule has 96 valence electrons. The number of alkyl halides is 3. The van der Waals surface area contributed by atoms with Crippen molar-refractivity contribution in [1.29, 1.82) is 0 Å². The Kier molecular flexibility index (Phi) is 4.77. The molecular formula is C11H14F3NO2. The second-order valence-corrected chi connectivity index (χ2v) is 3.59. The lowest BCUT2D eigenvalue weighted by Crippen LogP contribution is -2.17. The minimum atomic E-state index is -4.70. The first-order valence-corrected chi connectivity index (χ1v) is 5.14. The van der Waals surface area contributed by atoms with Crippen LogP contribution in [0, 0.1) is 0 Å². The summed E-state index contributed by atoms with van der Waals surface area (Å²) in [6.45, 7) is 0.00639. The molecule has 1 aromatic carbocycles. The fraction of sp³-hybridized carbons (Fsp3) is 0.455. The van der Waals surface area contributed by atoms with Crippen molar-refractivity contribution in [2.75, 3.05) is 6.61 Å². The van der Waals surface area contributed by atoms with Gasteiger partial charge in [0.25, 0.3) is 0 Å². The van der Waals surface area contributed by atoms with E-state index in [0.29, 0.717) is 18.4 Å². The maximum absolute atomic E-state index is 12.0. The molecular weight excluding hydrogens is 235 g/mol. The predicted octanol–water partition coefficient (Wildman–Crippen LogP) is 2.36. The quantitative estimate of drug-likeness (QED) is 0.842. The summed E-state index contributed by atoms with van der Waals surface area (Å²) in [6, 6.07) is 5.16. The first-order chi connectivity index (χ1) is 7.92. The first kappa shape index (κ1) is 13.8. The molecule has 0 aliphatic heterocycles. The van der Waals surface area contributed by atoms with Crippen LogP contribution in [0.5, 0.6) is 5.75 Å². The highest BCUT2D eigenvalue weighted by atomic mass is 19.4. The molecule has 3 N–H and O–H groups in total. The SMILES string of the molecule is N[C@H](CCCO)c1cccc(OC(F)(F)F)c1. The van der Waals surface area contributed by atoms with Crippen LogP contribution >= 0.6 is 0 Å². The summed E-state index contributed by atoms with van der Waals surface area (Å²) in [6.07, 6.45) is -3.69. The number of hydrogen-bond acceptors (Lipinski definition) is 3. The van der Waals surface area contributed by atoms with Gasteiger partial charge < -0.3 is 15.6 Å². The van der Waals surface area contributed by atoms with Gasteiger partial charge in [0.05, 0.1) is 0 Å². The van der Waals surface area contributed by atoms with Crippen LogP contribution in [0.3, 0.4) is 0 Å². The Hall–Kier alpha value is -1.27. The number of halogens is 3. The fourth-order valence-corrected chi connectivity index (χ4v) is 1.42. The lowest BCUT2D eigenvalue weighted by molar-refractivity contribution is -0.274. The normalized spacial score (nSPS) is 13.5. The molecule has 6 heteroatoms. The van der Waals surface area contributed by atoms with Crippen LogP contribution in [0.25, 0.3) is 0 Å². The van der Waals surface area contributed by atoms with Gasteiger partial charge in [-0.2, -0.15) is 0 Å². The monoisotopic (exact) mass is 249 g/mol. The number of ether oxygens (including phenoxy) is 1. The summed E-state index contributed by atoms with van der Waals surface area (Å²) in [5.74, 6) is -0.283. The van der Waals surface area contributed by atoms with E-state index in [1.54, 1.807) is 6.07 Å². The molecule has 3 nitrogen and oxygen atoms in total. The van der Waals surface area contributed by atoms with Gasteiger partial charge in [0.2, 0.25) is 0 Å². The molecule has 1 aromatic rings. The van der Waals surface area contributed by atoms with Crippen LogP contribution in [0.1, 0.15) is 24.4 Å². The van der Waals surface area contributed by atoms with Crippen molar-refractivity contribution < 1.29 is 23.0 Å². The van der Waals surface area contributed by atoms with E-state index in [1.165, 1.54) is 18.2 Å². The van der Waals surface area contributed by atoms with E-state index >= 15 is 0 Å². The van der Waals surface area contributed by atoms with Crippen molar-refractivity contribution in [3.63, 3.8) is 0 Å². The van der Waals surface area contributed by atoms with Crippen molar-refractivity contribution >= 4 is 0 Å². The highest BCUT2D eigenvalue weighted by molar-refractivity contribution is 5.30. The molecule has 0 unspecified atom stereocenters. The fourth-order valence-electron chi connectivity index (χ4n) is 1.42. The molecule has 0 heterocycles. The first-order valence-electron chi connectivity index (χ1n) is 5.14. The van der Waals surface area contributed by atoms with Gasteiger partial charge in [-0.15, -0.1) is 13.2 Å². The van der Waals surface area contributed by atoms with Gasteiger partial charge >= 0.3 is 6.36 Å². The second kappa shape index (κ2) is 5.88. The van der Waals surface area contributed by atoms with Crippen molar-refractivity contribution in [1.82, 2.24) is 0 Å². The number of aliphatic hydroxyl groups is 1. The van der Waals surface area contributed by atoms with Gasteiger partial charge in [0.15, 0.2) is 0 Å². The third-order valence-corrected chi connectivity index (χ3v) is 2.19. The summed E-state index contributed by atoms with van der Waals surface area (Å²) in [7, 11) is 0.